The molecule has 1 amide bonds. The maximum atomic E-state index is 12.1. The van der Waals surface area contributed by atoms with Crippen molar-refractivity contribution < 1.29 is 19.1 Å². The number of amides is 1. The topological polar surface area (TPSA) is 59.1 Å². The molecule has 0 unspecified atom stereocenters. The Bertz CT molecular complexity index is 570. The Balaban J connectivity index is 1.88. The summed E-state index contributed by atoms with van der Waals surface area (Å²) < 4.78 is 10.1. The lowest BCUT2D eigenvalue weighted by Crippen LogP contribution is -2.50. The van der Waals surface area contributed by atoms with E-state index in [9.17, 15) is 9.59 Å². The van der Waals surface area contributed by atoms with Gasteiger partial charge in [-0.2, -0.15) is 0 Å². The summed E-state index contributed by atoms with van der Waals surface area (Å²) in [6.45, 7) is 8.41. The molecule has 0 saturated carbocycles. The fourth-order valence-electron chi connectivity index (χ4n) is 2.54. The van der Waals surface area contributed by atoms with Crippen LogP contribution < -0.4 is 4.90 Å². The summed E-state index contributed by atoms with van der Waals surface area (Å²) in [6, 6.07) is 7.88. The van der Waals surface area contributed by atoms with E-state index in [1.807, 2.05) is 45.0 Å². The Hall–Kier alpha value is -2.24. The van der Waals surface area contributed by atoms with Crippen LogP contribution in [0.25, 0.3) is 0 Å². The van der Waals surface area contributed by atoms with Crippen LogP contribution in [-0.2, 0) is 20.7 Å². The number of carbonyl (C=O) groups is 2. The third-order valence-corrected chi connectivity index (χ3v) is 3.81. The number of benzene rings is 1. The standard InChI is InChI=1S/C18H26N2O4/c1-18(2,3)24-17(22)20-11-9-19(10-12-20)15-7-5-14(6-8-15)13-16(21)23-4/h5-8H,9-13H2,1-4H3. The molecular formula is C18H26N2O4. The van der Waals surface area contributed by atoms with E-state index in [0.717, 1.165) is 24.3 Å². The number of ether oxygens (including phenoxy) is 2. The van der Waals surface area contributed by atoms with Crippen LogP contribution in [0.4, 0.5) is 10.5 Å². The van der Waals surface area contributed by atoms with Gasteiger partial charge in [-0.15, -0.1) is 0 Å². The minimum Gasteiger partial charge on any atom is -0.469 e. The molecule has 6 heteroatoms. The van der Waals surface area contributed by atoms with Gasteiger partial charge in [0.15, 0.2) is 0 Å². The molecular weight excluding hydrogens is 308 g/mol. The quantitative estimate of drug-likeness (QED) is 0.795. The molecule has 24 heavy (non-hydrogen) atoms. The van der Waals surface area contributed by atoms with Gasteiger partial charge in [-0.1, -0.05) is 12.1 Å². The van der Waals surface area contributed by atoms with Crippen LogP contribution in [0.1, 0.15) is 26.3 Å². The van der Waals surface area contributed by atoms with Crippen molar-refractivity contribution in [1.29, 1.82) is 0 Å². The second-order valence-electron chi connectivity index (χ2n) is 6.87. The summed E-state index contributed by atoms with van der Waals surface area (Å²) in [5, 5.41) is 0. The molecule has 1 aliphatic heterocycles. The van der Waals surface area contributed by atoms with Gasteiger partial charge in [0.1, 0.15) is 5.60 Å². The number of nitrogens with zero attached hydrogens (tertiary/aromatic N) is 2. The average Bonchev–Trinajstić information content (AvgIpc) is 2.54. The van der Waals surface area contributed by atoms with Crippen molar-refractivity contribution in [2.75, 3.05) is 38.2 Å². The van der Waals surface area contributed by atoms with E-state index in [1.165, 1.54) is 7.11 Å². The van der Waals surface area contributed by atoms with Gasteiger partial charge in [-0.25, -0.2) is 4.79 Å². The predicted molar refractivity (Wildman–Crippen MR) is 92.2 cm³/mol. The number of anilines is 1. The first-order valence-corrected chi connectivity index (χ1v) is 8.17. The second kappa shape index (κ2) is 7.55. The largest absolute Gasteiger partial charge is 0.469 e. The van der Waals surface area contributed by atoms with E-state index >= 15 is 0 Å². The molecule has 0 radical (unpaired) electrons. The molecule has 132 valence electrons. The smallest absolute Gasteiger partial charge is 0.410 e. The third-order valence-electron chi connectivity index (χ3n) is 3.81. The van der Waals surface area contributed by atoms with Crippen molar-refractivity contribution in [3.63, 3.8) is 0 Å². The van der Waals surface area contributed by atoms with E-state index in [0.29, 0.717) is 13.1 Å². The zero-order chi connectivity index (χ0) is 17.7. The lowest BCUT2D eigenvalue weighted by molar-refractivity contribution is -0.139. The molecule has 1 saturated heterocycles. The summed E-state index contributed by atoms with van der Waals surface area (Å²) >= 11 is 0. The molecule has 0 aromatic heterocycles. The summed E-state index contributed by atoms with van der Waals surface area (Å²) in [4.78, 5) is 27.3. The molecule has 0 atom stereocenters. The highest BCUT2D eigenvalue weighted by atomic mass is 16.6. The first kappa shape index (κ1) is 18.1. The van der Waals surface area contributed by atoms with Gasteiger partial charge < -0.3 is 19.3 Å². The second-order valence-corrected chi connectivity index (χ2v) is 6.87. The highest BCUT2D eigenvalue weighted by Crippen LogP contribution is 2.19. The number of hydrogen-bond donors (Lipinski definition) is 0. The number of piperazine rings is 1. The molecule has 0 aliphatic carbocycles. The van der Waals surface area contributed by atoms with Gasteiger partial charge in [0.05, 0.1) is 13.5 Å². The van der Waals surface area contributed by atoms with Gasteiger partial charge in [-0.3, -0.25) is 4.79 Å². The molecule has 6 nitrogen and oxygen atoms in total. The first-order chi connectivity index (χ1) is 11.3. The predicted octanol–water partition coefficient (Wildman–Crippen LogP) is 2.46. The van der Waals surface area contributed by atoms with E-state index < -0.39 is 5.60 Å². The van der Waals surface area contributed by atoms with Crippen LogP contribution in [0, 0.1) is 0 Å². The Labute approximate surface area is 143 Å². The van der Waals surface area contributed by atoms with Gasteiger partial charge >= 0.3 is 12.1 Å². The number of carbonyl (C=O) groups excluding carboxylic acids is 2. The van der Waals surface area contributed by atoms with Crippen LogP contribution in [0.2, 0.25) is 0 Å². The molecule has 1 fully saturated rings. The SMILES string of the molecule is COC(=O)Cc1ccc(N2CCN(C(=O)OC(C)(C)C)CC2)cc1. The molecule has 0 bridgehead atoms. The number of hydrogen-bond acceptors (Lipinski definition) is 5. The van der Waals surface area contributed by atoms with E-state index in [1.54, 1.807) is 4.90 Å². The van der Waals surface area contributed by atoms with Crippen LogP contribution in [0.15, 0.2) is 24.3 Å². The highest BCUT2D eigenvalue weighted by molar-refractivity contribution is 5.72. The first-order valence-electron chi connectivity index (χ1n) is 8.17. The van der Waals surface area contributed by atoms with Crippen molar-refractivity contribution in [3.8, 4) is 0 Å². The van der Waals surface area contributed by atoms with E-state index in [4.69, 9.17) is 4.74 Å². The van der Waals surface area contributed by atoms with Crippen LogP contribution >= 0.6 is 0 Å². The average molecular weight is 334 g/mol. The Morgan fingerprint density at radius 3 is 2.12 bits per heavy atom. The lowest BCUT2D eigenvalue weighted by atomic mass is 10.1. The van der Waals surface area contributed by atoms with Crippen LogP contribution in [-0.4, -0.2) is 55.9 Å². The molecule has 1 aliphatic rings. The number of rotatable bonds is 3. The number of esters is 1. The highest BCUT2D eigenvalue weighted by Gasteiger charge is 2.25. The number of methoxy groups -OCH3 is 1. The Morgan fingerprint density at radius 2 is 1.62 bits per heavy atom. The molecule has 1 aromatic carbocycles. The van der Waals surface area contributed by atoms with Gasteiger partial charge in [0.2, 0.25) is 0 Å². The van der Waals surface area contributed by atoms with Crippen molar-refractivity contribution in [2.24, 2.45) is 0 Å². The molecule has 1 aromatic rings. The van der Waals surface area contributed by atoms with E-state index in [-0.39, 0.29) is 18.5 Å². The Morgan fingerprint density at radius 1 is 1.04 bits per heavy atom. The maximum absolute atomic E-state index is 12.1. The molecule has 0 spiro atoms. The molecule has 2 rings (SSSR count). The lowest BCUT2D eigenvalue weighted by Gasteiger charge is -2.36. The monoisotopic (exact) mass is 334 g/mol. The summed E-state index contributed by atoms with van der Waals surface area (Å²) in [5.74, 6) is -0.242. The maximum Gasteiger partial charge on any atom is 0.410 e. The van der Waals surface area contributed by atoms with Gasteiger partial charge in [0.25, 0.3) is 0 Å². The zero-order valence-corrected chi connectivity index (χ0v) is 14.9. The van der Waals surface area contributed by atoms with Crippen molar-refractivity contribution in [1.82, 2.24) is 4.90 Å². The zero-order valence-electron chi connectivity index (χ0n) is 14.9. The Kier molecular flexibility index (Phi) is 5.70. The normalized spacial score (nSPS) is 15.2. The van der Waals surface area contributed by atoms with Gasteiger partial charge in [0, 0.05) is 31.9 Å². The van der Waals surface area contributed by atoms with Crippen molar-refractivity contribution in [3.05, 3.63) is 29.8 Å². The van der Waals surface area contributed by atoms with Crippen molar-refractivity contribution in [2.45, 2.75) is 32.8 Å². The fraction of sp³-hybridized carbons (Fsp3) is 0.556. The van der Waals surface area contributed by atoms with Crippen molar-refractivity contribution >= 4 is 17.7 Å². The summed E-state index contributed by atoms with van der Waals surface area (Å²) in [6.07, 6.45) is 0.0269. The minimum atomic E-state index is -0.469. The third kappa shape index (κ3) is 5.15. The summed E-state index contributed by atoms with van der Waals surface area (Å²) in [7, 11) is 1.39. The van der Waals surface area contributed by atoms with Crippen LogP contribution in [0.5, 0.6) is 0 Å². The molecule has 1 heterocycles. The van der Waals surface area contributed by atoms with E-state index in [2.05, 4.69) is 9.64 Å². The minimum absolute atomic E-state index is 0.242. The fourth-order valence-corrected chi connectivity index (χ4v) is 2.54. The van der Waals surface area contributed by atoms with Gasteiger partial charge in [-0.05, 0) is 38.5 Å². The van der Waals surface area contributed by atoms with Crippen LogP contribution in [0.3, 0.4) is 0 Å². The summed E-state index contributed by atoms with van der Waals surface area (Å²) in [5.41, 5.74) is 1.55. The molecule has 0 N–H and O–H groups in total.